The van der Waals surface area contributed by atoms with Crippen molar-refractivity contribution in [1.82, 2.24) is 0 Å². The molecular formula is C12H15F2O5P. The van der Waals surface area contributed by atoms with Crippen LogP contribution in [0, 0.1) is 18.6 Å². The highest BCUT2D eigenvalue weighted by Crippen LogP contribution is 2.48. The van der Waals surface area contributed by atoms with Crippen LogP contribution >= 0.6 is 7.60 Å². The van der Waals surface area contributed by atoms with Crippen molar-refractivity contribution in [2.24, 2.45) is 0 Å². The first-order valence-electron chi connectivity index (χ1n) is 5.90. The van der Waals surface area contributed by atoms with E-state index in [0.29, 0.717) is 6.07 Å². The van der Waals surface area contributed by atoms with Crippen molar-refractivity contribution >= 4 is 18.9 Å². The Balaban J connectivity index is 3.56. The second-order valence-corrected chi connectivity index (χ2v) is 5.79. The van der Waals surface area contributed by atoms with Crippen LogP contribution in [0.4, 0.5) is 8.78 Å². The number of hydrogen-bond acceptors (Lipinski definition) is 4. The highest BCUT2D eigenvalue weighted by atomic mass is 31.2. The van der Waals surface area contributed by atoms with Crippen LogP contribution in [0.25, 0.3) is 0 Å². The quantitative estimate of drug-likeness (QED) is 0.818. The Morgan fingerprint density at radius 2 is 1.80 bits per heavy atom. The summed E-state index contributed by atoms with van der Waals surface area (Å²) < 4.78 is 50.3. The van der Waals surface area contributed by atoms with Crippen LogP contribution in [0.5, 0.6) is 0 Å². The van der Waals surface area contributed by atoms with Crippen LogP contribution in [0.1, 0.15) is 29.8 Å². The summed E-state index contributed by atoms with van der Waals surface area (Å²) in [6, 6.07) is 0.612. The van der Waals surface area contributed by atoms with E-state index >= 15 is 0 Å². The third-order valence-corrected chi connectivity index (χ3v) is 4.69. The van der Waals surface area contributed by atoms with Crippen molar-refractivity contribution in [3.63, 3.8) is 0 Å². The van der Waals surface area contributed by atoms with Gasteiger partial charge in [0.05, 0.1) is 18.8 Å². The average molecular weight is 308 g/mol. The van der Waals surface area contributed by atoms with Gasteiger partial charge in [-0.3, -0.25) is 4.57 Å². The first-order valence-corrected chi connectivity index (χ1v) is 7.44. The third kappa shape index (κ3) is 3.06. The van der Waals surface area contributed by atoms with Crippen LogP contribution in [0.2, 0.25) is 0 Å². The normalized spacial score (nSPS) is 11.7. The van der Waals surface area contributed by atoms with Crippen LogP contribution in [0.3, 0.4) is 0 Å². The SMILES string of the molecule is CCOP(=O)(OCC)c1c(F)cc(C(=O)O)c(C)c1F. The fraction of sp³-hybridized carbons (Fsp3) is 0.417. The van der Waals surface area contributed by atoms with E-state index in [2.05, 4.69) is 0 Å². The number of rotatable bonds is 6. The zero-order chi connectivity index (χ0) is 15.5. The van der Waals surface area contributed by atoms with Gasteiger partial charge in [-0.2, -0.15) is 0 Å². The minimum absolute atomic E-state index is 0.0735. The van der Waals surface area contributed by atoms with Crippen molar-refractivity contribution in [3.8, 4) is 0 Å². The Morgan fingerprint density at radius 3 is 2.20 bits per heavy atom. The third-order valence-electron chi connectivity index (χ3n) is 2.54. The zero-order valence-electron chi connectivity index (χ0n) is 11.3. The number of aromatic carboxylic acids is 1. The molecule has 20 heavy (non-hydrogen) atoms. The van der Waals surface area contributed by atoms with Crippen LogP contribution in [-0.4, -0.2) is 24.3 Å². The minimum atomic E-state index is -4.17. The molecule has 8 heteroatoms. The predicted octanol–water partition coefficient (Wildman–Crippen LogP) is 2.86. The number of benzene rings is 1. The molecule has 1 N–H and O–H groups in total. The van der Waals surface area contributed by atoms with E-state index < -0.39 is 36.1 Å². The molecule has 5 nitrogen and oxygen atoms in total. The lowest BCUT2D eigenvalue weighted by atomic mass is 10.1. The fourth-order valence-electron chi connectivity index (χ4n) is 1.68. The Kier molecular flexibility index (Phi) is 5.39. The molecule has 0 aliphatic carbocycles. The maximum atomic E-state index is 14.2. The van der Waals surface area contributed by atoms with E-state index in [1.54, 1.807) is 0 Å². The largest absolute Gasteiger partial charge is 0.478 e. The molecule has 1 aromatic carbocycles. The van der Waals surface area contributed by atoms with Gasteiger partial charge in [-0.25, -0.2) is 13.6 Å². The summed E-state index contributed by atoms with van der Waals surface area (Å²) >= 11 is 0. The van der Waals surface area contributed by atoms with Gasteiger partial charge in [0, 0.05) is 5.56 Å². The molecule has 1 aromatic rings. The number of carboxylic acid groups (broad SMARTS) is 1. The number of carboxylic acids is 1. The molecule has 0 amide bonds. The predicted molar refractivity (Wildman–Crippen MR) is 68.5 cm³/mol. The van der Waals surface area contributed by atoms with Gasteiger partial charge in [0.15, 0.2) is 0 Å². The second kappa shape index (κ2) is 6.43. The molecular weight excluding hydrogens is 293 g/mol. The van der Waals surface area contributed by atoms with E-state index in [0.717, 1.165) is 6.92 Å². The molecule has 0 bridgehead atoms. The van der Waals surface area contributed by atoms with E-state index in [1.807, 2.05) is 0 Å². The molecule has 0 aliphatic heterocycles. The summed E-state index contributed by atoms with van der Waals surface area (Å²) in [5.74, 6) is -3.97. The number of halogens is 2. The molecule has 0 aliphatic rings. The maximum absolute atomic E-state index is 14.2. The van der Waals surface area contributed by atoms with Gasteiger partial charge in [-0.15, -0.1) is 0 Å². The van der Waals surface area contributed by atoms with Gasteiger partial charge in [0.1, 0.15) is 16.9 Å². The number of hydrogen-bond donors (Lipinski definition) is 1. The smallest absolute Gasteiger partial charge is 0.367 e. The minimum Gasteiger partial charge on any atom is -0.478 e. The lowest BCUT2D eigenvalue weighted by Crippen LogP contribution is -2.22. The summed E-state index contributed by atoms with van der Waals surface area (Å²) in [7, 11) is -4.17. The molecule has 0 unspecified atom stereocenters. The van der Waals surface area contributed by atoms with Gasteiger partial charge < -0.3 is 14.2 Å². The van der Waals surface area contributed by atoms with Crippen molar-refractivity contribution < 1.29 is 32.3 Å². The molecule has 0 fully saturated rings. The van der Waals surface area contributed by atoms with Gasteiger partial charge in [-0.05, 0) is 26.8 Å². The van der Waals surface area contributed by atoms with Crippen LogP contribution < -0.4 is 5.30 Å². The fourth-order valence-corrected chi connectivity index (χ4v) is 3.43. The first kappa shape index (κ1) is 16.8. The van der Waals surface area contributed by atoms with Crippen molar-refractivity contribution in [2.75, 3.05) is 13.2 Å². The van der Waals surface area contributed by atoms with Crippen molar-refractivity contribution in [2.45, 2.75) is 20.8 Å². The molecule has 0 aromatic heterocycles. The van der Waals surface area contributed by atoms with Gasteiger partial charge in [0.2, 0.25) is 0 Å². The van der Waals surface area contributed by atoms with Crippen LogP contribution in [-0.2, 0) is 13.6 Å². The highest BCUT2D eigenvalue weighted by molar-refractivity contribution is 7.62. The van der Waals surface area contributed by atoms with Gasteiger partial charge >= 0.3 is 13.6 Å². The second-order valence-electron chi connectivity index (χ2n) is 3.83. The summed E-state index contributed by atoms with van der Waals surface area (Å²) in [5.41, 5.74) is -0.864. The molecule has 0 saturated heterocycles. The molecule has 0 heterocycles. The first-order chi connectivity index (χ1) is 9.28. The Bertz CT molecular complexity index is 563. The molecule has 0 saturated carbocycles. The number of carbonyl (C=O) groups is 1. The maximum Gasteiger partial charge on any atom is 0.367 e. The highest BCUT2D eigenvalue weighted by Gasteiger charge is 2.36. The average Bonchev–Trinajstić information content (AvgIpc) is 2.34. The monoisotopic (exact) mass is 308 g/mol. The standard InChI is InChI=1S/C12H15F2O5P/c1-4-18-20(17,19-5-2)11-9(13)6-8(12(15)16)7(3)10(11)14/h6H,4-5H2,1-3H3,(H,15,16). The molecule has 1 rings (SSSR count). The Labute approximate surface area is 115 Å². The summed E-state index contributed by atoms with van der Waals surface area (Å²) in [4.78, 5) is 10.9. The zero-order valence-corrected chi connectivity index (χ0v) is 12.2. The Morgan fingerprint density at radius 1 is 1.30 bits per heavy atom. The van der Waals surface area contributed by atoms with E-state index in [1.165, 1.54) is 13.8 Å². The molecule has 112 valence electrons. The van der Waals surface area contributed by atoms with Crippen molar-refractivity contribution in [3.05, 3.63) is 28.8 Å². The van der Waals surface area contributed by atoms with Gasteiger partial charge in [0.25, 0.3) is 0 Å². The van der Waals surface area contributed by atoms with E-state index in [-0.39, 0.29) is 18.8 Å². The summed E-state index contributed by atoms with van der Waals surface area (Å²) in [5, 5.41) is 7.99. The molecule has 0 atom stereocenters. The Hall–Kier alpha value is -1.30. The lowest BCUT2D eigenvalue weighted by Gasteiger charge is -2.19. The topological polar surface area (TPSA) is 72.8 Å². The van der Waals surface area contributed by atoms with E-state index in [9.17, 15) is 18.1 Å². The molecule has 0 radical (unpaired) electrons. The van der Waals surface area contributed by atoms with Crippen molar-refractivity contribution in [1.29, 1.82) is 0 Å². The van der Waals surface area contributed by atoms with E-state index in [4.69, 9.17) is 14.2 Å². The summed E-state index contributed by atoms with van der Waals surface area (Å²) in [6.45, 7) is 4.01. The van der Waals surface area contributed by atoms with Gasteiger partial charge in [-0.1, -0.05) is 0 Å². The molecule has 0 spiro atoms. The summed E-state index contributed by atoms with van der Waals surface area (Å²) in [6.07, 6.45) is 0. The lowest BCUT2D eigenvalue weighted by molar-refractivity contribution is 0.0694. The van der Waals surface area contributed by atoms with Crippen LogP contribution in [0.15, 0.2) is 6.07 Å².